The monoisotopic (exact) mass is 392 g/mol. The van der Waals surface area contributed by atoms with E-state index in [0.29, 0.717) is 19.6 Å². The second-order valence-electron chi connectivity index (χ2n) is 7.90. The lowest BCUT2D eigenvalue weighted by atomic mass is 10.0. The molecule has 2 aromatic rings. The summed E-state index contributed by atoms with van der Waals surface area (Å²) in [4.78, 5) is 31.1. The lowest BCUT2D eigenvalue weighted by molar-refractivity contribution is 0.139. The molecular weight excluding hydrogens is 364 g/mol. The van der Waals surface area contributed by atoms with E-state index in [4.69, 9.17) is 0 Å². The van der Waals surface area contributed by atoms with E-state index in [-0.39, 0.29) is 18.1 Å². The van der Waals surface area contributed by atoms with E-state index < -0.39 is 0 Å². The van der Waals surface area contributed by atoms with Crippen LogP contribution in [-0.4, -0.2) is 59.0 Å². The standard InChI is InChI=1S/C23H28N4O2/c1-18-7-9-19(10-8-18)17-26-15-16-27(23(26)29)21-11-13-25(14-12-21)22(28)24-20-5-3-2-4-6-20/h2-10,21H,11-17H2,1H3,(H,24,28). The number of rotatable bonds is 4. The number of benzene rings is 2. The summed E-state index contributed by atoms with van der Waals surface area (Å²) in [6.07, 6.45) is 1.65. The van der Waals surface area contributed by atoms with Crippen molar-refractivity contribution < 1.29 is 9.59 Å². The molecule has 0 saturated carbocycles. The second kappa shape index (κ2) is 8.55. The number of hydrogen-bond acceptors (Lipinski definition) is 2. The average Bonchev–Trinajstić information content (AvgIpc) is 3.11. The number of carbonyl (C=O) groups is 2. The minimum absolute atomic E-state index is 0.0663. The maximum atomic E-state index is 12.9. The third-order valence-electron chi connectivity index (χ3n) is 5.84. The lowest BCUT2D eigenvalue weighted by Gasteiger charge is -2.36. The van der Waals surface area contributed by atoms with Crippen LogP contribution in [0, 0.1) is 6.92 Å². The van der Waals surface area contributed by atoms with Gasteiger partial charge in [0.25, 0.3) is 0 Å². The number of nitrogens with one attached hydrogen (secondary N) is 1. The van der Waals surface area contributed by atoms with Gasteiger partial charge in [-0.2, -0.15) is 0 Å². The molecule has 0 bridgehead atoms. The number of para-hydroxylation sites is 1. The fraction of sp³-hybridized carbons (Fsp3) is 0.391. The summed E-state index contributed by atoms with van der Waals surface area (Å²) < 4.78 is 0. The third-order valence-corrected chi connectivity index (χ3v) is 5.84. The van der Waals surface area contributed by atoms with Crippen LogP contribution in [0.1, 0.15) is 24.0 Å². The molecule has 2 saturated heterocycles. The van der Waals surface area contributed by atoms with Crippen LogP contribution in [-0.2, 0) is 6.54 Å². The Kier molecular flexibility index (Phi) is 5.69. The molecular formula is C23H28N4O2. The lowest BCUT2D eigenvalue weighted by Crippen LogP contribution is -2.49. The van der Waals surface area contributed by atoms with Gasteiger partial charge in [0, 0.05) is 44.5 Å². The zero-order valence-electron chi connectivity index (χ0n) is 16.9. The van der Waals surface area contributed by atoms with Crippen LogP contribution in [0.2, 0.25) is 0 Å². The first kappa shape index (κ1) is 19.3. The predicted octanol–water partition coefficient (Wildman–Crippen LogP) is 3.93. The maximum Gasteiger partial charge on any atom is 0.321 e. The van der Waals surface area contributed by atoms with E-state index in [2.05, 4.69) is 36.5 Å². The van der Waals surface area contributed by atoms with Crippen molar-refractivity contribution in [1.29, 1.82) is 0 Å². The van der Waals surface area contributed by atoms with E-state index in [1.807, 2.05) is 45.0 Å². The molecule has 1 N–H and O–H groups in total. The molecule has 0 aliphatic carbocycles. The topological polar surface area (TPSA) is 55.9 Å². The van der Waals surface area contributed by atoms with Gasteiger partial charge in [-0.1, -0.05) is 48.0 Å². The smallest absolute Gasteiger partial charge is 0.321 e. The van der Waals surface area contributed by atoms with Gasteiger partial charge < -0.3 is 20.0 Å². The van der Waals surface area contributed by atoms with Crippen molar-refractivity contribution in [3.63, 3.8) is 0 Å². The van der Waals surface area contributed by atoms with Gasteiger partial charge in [0.05, 0.1) is 0 Å². The highest BCUT2D eigenvalue weighted by Crippen LogP contribution is 2.23. The molecule has 4 rings (SSSR count). The number of nitrogens with zero attached hydrogens (tertiary/aromatic N) is 3. The van der Waals surface area contributed by atoms with Gasteiger partial charge in [0.2, 0.25) is 0 Å². The molecule has 2 aliphatic heterocycles. The van der Waals surface area contributed by atoms with E-state index in [9.17, 15) is 9.59 Å². The quantitative estimate of drug-likeness (QED) is 0.857. The Morgan fingerprint density at radius 1 is 0.966 bits per heavy atom. The molecule has 4 amide bonds. The number of likely N-dealkylation sites (tertiary alicyclic amines) is 1. The van der Waals surface area contributed by atoms with Gasteiger partial charge in [-0.25, -0.2) is 9.59 Å². The summed E-state index contributed by atoms with van der Waals surface area (Å²) in [6, 6.07) is 18.1. The van der Waals surface area contributed by atoms with Crippen LogP contribution in [0.15, 0.2) is 54.6 Å². The molecule has 2 heterocycles. The molecule has 2 aromatic carbocycles. The number of piperidine rings is 1. The molecule has 6 nitrogen and oxygen atoms in total. The SMILES string of the molecule is Cc1ccc(CN2CCN(C3CCN(C(=O)Nc4ccccc4)CC3)C2=O)cc1. The molecule has 6 heteroatoms. The average molecular weight is 393 g/mol. The first-order valence-electron chi connectivity index (χ1n) is 10.3. The van der Waals surface area contributed by atoms with Gasteiger partial charge in [-0.15, -0.1) is 0 Å². The van der Waals surface area contributed by atoms with Crippen LogP contribution < -0.4 is 5.32 Å². The highest BCUT2D eigenvalue weighted by molar-refractivity contribution is 5.89. The first-order chi connectivity index (χ1) is 14.1. The summed E-state index contributed by atoms with van der Waals surface area (Å²) in [7, 11) is 0. The summed E-state index contributed by atoms with van der Waals surface area (Å²) in [5.74, 6) is 0. The molecule has 0 aromatic heterocycles. The van der Waals surface area contributed by atoms with E-state index >= 15 is 0 Å². The highest BCUT2D eigenvalue weighted by atomic mass is 16.2. The summed E-state index contributed by atoms with van der Waals surface area (Å²) in [6.45, 7) is 5.61. The van der Waals surface area contributed by atoms with Crippen molar-refractivity contribution in [2.45, 2.75) is 32.4 Å². The van der Waals surface area contributed by atoms with Gasteiger partial charge in [-0.3, -0.25) is 0 Å². The van der Waals surface area contributed by atoms with Crippen LogP contribution in [0.25, 0.3) is 0 Å². The Labute approximate surface area is 172 Å². The first-order valence-corrected chi connectivity index (χ1v) is 10.3. The third kappa shape index (κ3) is 4.53. The number of urea groups is 2. The fourth-order valence-corrected chi connectivity index (χ4v) is 4.11. The van der Waals surface area contributed by atoms with Gasteiger partial charge >= 0.3 is 12.1 Å². The molecule has 152 valence electrons. The van der Waals surface area contributed by atoms with Crippen LogP contribution in [0.5, 0.6) is 0 Å². The van der Waals surface area contributed by atoms with Crippen molar-refractivity contribution >= 4 is 17.7 Å². The van der Waals surface area contributed by atoms with Crippen LogP contribution in [0.3, 0.4) is 0 Å². The number of carbonyl (C=O) groups excluding carboxylic acids is 2. The largest absolute Gasteiger partial charge is 0.324 e. The van der Waals surface area contributed by atoms with Crippen molar-refractivity contribution in [1.82, 2.24) is 14.7 Å². The van der Waals surface area contributed by atoms with Crippen LogP contribution in [0.4, 0.5) is 15.3 Å². The van der Waals surface area contributed by atoms with E-state index in [1.54, 1.807) is 0 Å². The Balaban J connectivity index is 1.28. The highest BCUT2D eigenvalue weighted by Gasteiger charge is 2.35. The summed E-state index contributed by atoms with van der Waals surface area (Å²) >= 11 is 0. The predicted molar refractivity (Wildman–Crippen MR) is 114 cm³/mol. The Bertz CT molecular complexity index is 845. The van der Waals surface area contributed by atoms with Crippen molar-refractivity contribution in [2.75, 3.05) is 31.5 Å². The van der Waals surface area contributed by atoms with E-state index in [1.165, 1.54) is 11.1 Å². The minimum atomic E-state index is -0.0663. The Hall–Kier alpha value is -3.02. The van der Waals surface area contributed by atoms with Crippen LogP contribution >= 0.6 is 0 Å². The Morgan fingerprint density at radius 3 is 2.34 bits per heavy atom. The van der Waals surface area contributed by atoms with Crippen molar-refractivity contribution in [3.05, 3.63) is 65.7 Å². The van der Waals surface area contributed by atoms with E-state index in [0.717, 1.165) is 31.6 Å². The van der Waals surface area contributed by atoms with Gasteiger partial charge in [0.1, 0.15) is 0 Å². The minimum Gasteiger partial charge on any atom is -0.324 e. The molecule has 2 fully saturated rings. The summed E-state index contributed by atoms with van der Waals surface area (Å²) in [5.41, 5.74) is 3.20. The Morgan fingerprint density at radius 2 is 1.66 bits per heavy atom. The van der Waals surface area contributed by atoms with Crippen molar-refractivity contribution in [2.24, 2.45) is 0 Å². The zero-order chi connectivity index (χ0) is 20.2. The number of anilines is 1. The van der Waals surface area contributed by atoms with Gasteiger partial charge in [-0.05, 0) is 37.5 Å². The zero-order valence-corrected chi connectivity index (χ0v) is 16.9. The molecule has 0 radical (unpaired) electrons. The maximum absolute atomic E-state index is 12.9. The summed E-state index contributed by atoms with van der Waals surface area (Å²) in [5, 5.41) is 2.94. The second-order valence-corrected chi connectivity index (χ2v) is 7.90. The number of aryl methyl sites for hydroxylation is 1. The normalized spacial score (nSPS) is 17.7. The fourth-order valence-electron chi connectivity index (χ4n) is 4.11. The number of amides is 4. The number of hydrogen-bond donors (Lipinski definition) is 1. The molecule has 29 heavy (non-hydrogen) atoms. The molecule has 0 unspecified atom stereocenters. The van der Waals surface area contributed by atoms with Crippen molar-refractivity contribution in [3.8, 4) is 0 Å². The molecule has 2 aliphatic rings. The molecule has 0 spiro atoms. The van der Waals surface area contributed by atoms with Gasteiger partial charge in [0.15, 0.2) is 0 Å². The molecule has 0 atom stereocenters.